The van der Waals surface area contributed by atoms with E-state index in [0.717, 1.165) is 50.0 Å². The lowest BCUT2D eigenvalue weighted by Gasteiger charge is -2.38. The van der Waals surface area contributed by atoms with Crippen LogP contribution < -0.4 is 15.5 Å². The highest BCUT2D eigenvalue weighted by atomic mass is 16.5. The Hall–Kier alpha value is -4.25. The smallest absolute Gasteiger partial charge is 0.355 e. The fourth-order valence-electron chi connectivity index (χ4n) is 5.16. The van der Waals surface area contributed by atoms with Crippen molar-refractivity contribution in [1.29, 1.82) is 5.26 Å². The molecule has 192 valence electrons. The number of rotatable bonds is 5. The first-order chi connectivity index (χ1) is 17.9. The number of methoxy groups -OCH3 is 2. The summed E-state index contributed by atoms with van der Waals surface area (Å²) < 4.78 is 10.3. The van der Waals surface area contributed by atoms with Gasteiger partial charge in [-0.3, -0.25) is 4.90 Å². The number of anilines is 2. The average Bonchev–Trinajstić information content (AvgIpc) is 3.21. The minimum absolute atomic E-state index is 0.00891. The van der Waals surface area contributed by atoms with Crippen LogP contribution >= 0.6 is 0 Å². The molecule has 2 aliphatic rings. The van der Waals surface area contributed by atoms with E-state index in [1.807, 2.05) is 31.2 Å². The third-order valence-electron chi connectivity index (χ3n) is 6.93. The number of nitriles is 1. The quantitative estimate of drug-likeness (QED) is 0.606. The highest BCUT2D eigenvalue weighted by molar-refractivity contribution is 6.07. The molecule has 0 saturated carbocycles. The lowest BCUT2D eigenvalue weighted by molar-refractivity contribution is -0.139. The minimum Gasteiger partial charge on any atom is -0.466 e. The number of esters is 2. The number of aryl methyl sites for hydroxylation is 1. The first-order valence-corrected chi connectivity index (χ1v) is 12.4. The molecule has 4 rings (SSSR count). The summed E-state index contributed by atoms with van der Waals surface area (Å²) in [5.74, 6) is -2.30. The van der Waals surface area contributed by atoms with Gasteiger partial charge in [-0.2, -0.15) is 5.26 Å². The number of allylic oxidation sites excluding steroid dienone is 1. The van der Waals surface area contributed by atoms with Crippen molar-refractivity contribution in [2.75, 3.05) is 37.1 Å². The summed E-state index contributed by atoms with van der Waals surface area (Å²) in [5.41, 5.74) is 9.90. The van der Waals surface area contributed by atoms with E-state index in [4.69, 9.17) is 15.2 Å². The topological polar surface area (TPSA) is 109 Å². The zero-order valence-electron chi connectivity index (χ0n) is 21.5. The molecule has 1 saturated heterocycles. The van der Waals surface area contributed by atoms with Gasteiger partial charge in [-0.25, -0.2) is 9.59 Å². The number of carbonyl (C=O) groups is 2. The van der Waals surface area contributed by atoms with Gasteiger partial charge in [-0.1, -0.05) is 49.2 Å². The van der Waals surface area contributed by atoms with Crippen molar-refractivity contribution in [1.82, 2.24) is 0 Å². The number of hydrogen-bond acceptors (Lipinski definition) is 8. The second-order valence-corrected chi connectivity index (χ2v) is 9.23. The molecule has 2 aromatic rings. The fraction of sp³-hybridized carbons (Fsp3) is 0.345. The molecule has 2 aliphatic heterocycles. The van der Waals surface area contributed by atoms with E-state index < -0.39 is 17.9 Å². The molecule has 8 heteroatoms. The maximum Gasteiger partial charge on any atom is 0.355 e. The second-order valence-electron chi connectivity index (χ2n) is 9.23. The Balaban J connectivity index is 2.04. The molecule has 0 aliphatic carbocycles. The predicted molar refractivity (Wildman–Crippen MR) is 141 cm³/mol. The van der Waals surface area contributed by atoms with Crippen LogP contribution in [-0.4, -0.2) is 39.2 Å². The molecule has 1 atom stereocenters. The molecule has 0 spiro atoms. The van der Waals surface area contributed by atoms with Gasteiger partial charge >= 0.3 is 11.9 Å². The van der Waals surface area contributed by atoms with Crippen LogP contribution in [0.2, 0.25) is 0 Å². The van der Waals surface area contributed by atoms with Gasteiger partial charge in [0.1, 0.15) is 11.5 Å². The van der Waals surface area contributed by atoms with Gasteiger partial charge < -0.3 is 20.1 Å². The van der Waals surface area contributed by atoms with Crippen LogP contribution in [-0.2, 0) is 19.1 Å². The van der Waals surface area contributed by atoms with Gasteiger partial charge in [0.05, 0.1) is 48.7 Å². The van der Waals surface area contributed by atoms with Crippen molar-refractivity contribution in [3.8, 4) is 6.07 Å². The van der Waals surface area contributed by atoms with E-state index >= 15 is 0 Å². The fourth-order valence-corrected chi connectivity index (χ4v) is 5.16. The number of nitrogens with two attached hydrogens (primary N) is 1. The number of nitrogens with zero attached hydrogens (tertiary/aromatic N) is 3. The summed E-state index contributed by atoms with van der Waals surface area (Å²) in [6.45, 7) is 3.65. The maximum absolute atomic E-state index is 13.4. The molecular weight excluding hydrogens is 468 g/mol. The zero-order chi connectivity index (χ0) is 26.5. The molecule has 0 radical (unpaired) electrons. The normalized spacial score (nSPS) is 18.3. The van der Waals surface area contributed by atoms with Crippen LogP contribution in [0.1, 0.15) is 42.7 Å². The highest BCUT2D eigenvalue weighted by Gasteiger charge is 2.43. The van der Waals surface area contributed by atoms with Crippen molar-refractivity contribution < 1.29 is 19.1 Å². The predicted octanol–water partition coefficient (Wildman–Crippen LogP) is 4.27. The number of benzene rings is 2. The lowest BCUT2D eigenvalue weighted by atomic mass is 9.81. The van der Waals surface area contributed by atoms with E-state index in [2.05, 4.69) is 11.0 Å². The van der Waals surface area contributed by atoms with Crippen molar-refractivity contribution in [3.63, 3.8) is 0 Å². The van der Waals surface area contributed by atoms with Gasteiger partial charge in [-0.05, 0) is 43.0 Å². The van der Waals surface area contributed by atoms with Crippen LogP contribution in [0.3, 0.4) is 0 Å². The van der Waals surface area contributed by atoms with E-state index in [1.165, 1.54) is 19.1 Å². The Morgan fingerprint density at radius 2 is 1.59 bits per heavy atom. The lowest BCUT2D eigenvalue weighted by Crippen LogP contribution is -2.41. The van der Waals surface area contributed by atoms with E-state index in [1.54, 1.807) is 24.3 Å². The molecule has 37 heavy (non-hydrogen) atoms. The summed E-state index contributed by atoms with van der Waals surface area (Å²) in [6.07, 6.45) is 4.40. The van der Waals surface area contributed by atoms with Gasteiger partial charge in [0.25, 0.3) is 0 Å². The molecule has 2 N–H and O–H groups in total. The Kier molecular flexibility index (Phi) is 7.83. The van der Waals surface area contributed by atoms with Crippen molar-refractivity contribution in [3.05, 3.63) is 82.3 Å². The molecule has 1 unspecified atom stereocenters. The highest BCUT2D eigenvalue weighted by Crippen LogP contribution is 2.45. The molecule has 1 fully saturated rings. The summed E-state index contributed by atoms with van der Waals surface area (Å²) in [7, 11) is 2.51. The SMILES string of the molecule is COC(=O)C1=C(C(=O)OC)N(c2cc(C)ccc2N2CCCCCC2)C(N)=C(C#N)C1c1ccccc1. The van der Waals surface area contributed by atoms with Gasteiger partial charge in [0.2, 0.25) is 0 Å². The Morgan fingerprint density at radius 1 is 0.946 bits per heavy atom. The van der Waals surface area contributed by atoms with Crippen LogP contribution in [0.5, 0.6) is 0 Å². The molecule has 2 aromatic carbocycles. The third kappa shape index (κ3) is 4.90. The largest absolute Gasteiger partial charge is 0.466 e. The van der Waals surface area contributed by atoms with Crippen molar-refractivity contribution in [2.45, 2.75) is 38.5 Å². The van der Waals surface area contributed by atoms with Crippen molar-refractivity contribution in [2.24, 2.45) is 5.73 Å². The van der Waals surface area contributed by atoms with Crippen molar-refractivity contribution >= 4 is 23.3 Å². The zero-order valence-corrected chi connectivity index (χ0v) is 21.5. The van der Waals surface area contributed by atoms with Gasteiger partial charge in [0, 0.05) is 13.1 Å². The van der Waals surface area contributed by atoms with Crippen LogP contribution in [0, 0.1) is 18.3 Å². The Labute approximate surface area is 217 Å². The summed E-state index contributed by atoms with van der Waals surface area (Å²) in [5, 5.41) is 10.3. The Bertz CT molecular complexity index is 1280. The second kappa shape index (κ2) is 11.2. The molecule has 0 bridgehead atoms. The summed E-state index contributed by atoms with van der Waals surface area (Å²) in [4.78, 5) is 30.5. The van der Waals surface area contributed by atoms with Gasteiger partial charge in [0.15, 0.2) is 0 Å². The molecule has 8 nitrogen and oxygen atoms in total. The standard InChI is InChI=1S/C29H32N4O4/c1-19-13-14-22(32-15-9-4-5-10-16-32)23(17-19)33-26(29(35)37-3)25(28(34)36-2)24(21(18-30)27(33)31)20-11-7-6-8-12-20/h6-8,11-14,17,24H,4-5,9-10,15-16,31H2,1-3H3. The molecule has 0 aromatic heterocycles. The van der Waals surface area contributed by atoms with Crippen LogP contribution in [0.4, 0.5) is 11.4 Å². The molecule has 0 amide bonds. The monoisotopic (exact) mass is 500 g/mol. The minimum atomic E-state index is -0.893. The Morgan fingerprint density at radius 3 is 2.19 bits per heavy atom. The van der Waals surface area contributed by atoms with E-state index in [9.17, 15) is 14.9 Å². The molecule has 2 heterocycles. The van der Waals surface area contributed by atoms with Crippen LogP contribution in [0.25, 0.3) is 0 Å². The number of ether oxygens (including phenoxy) is 2. The van der Waals surface area contributed by atoms with E-state index in [0.29, 0.717) is 11.3 Å². The number of carbonyl (C=O) groups excluding carboxylic acids is 2. The number of hydrogen-bond donors (Lipinski definition) is 1. The van der Waals surface area contributed by atoms with E-state index in [-0.39, 0.29) is 22.7 Å². The third-order valence-corrected chi connectivity index (χ3v) is 6.93. The molecular formula is C29H32N4O4. The summed E-state index contributed by atoms with van der Waals surface area (Å²) >= 11 is 0. The average molecular weight is 501 g/mol. The first kappa shape index (κ1) is 25.8. The first-order valence-electron chi connectivity index (χ1n) is 12.4. The maximum atomic E-state index is 13.4. The summed E-state index contributed by atoms with van der Waals surface area (Å²) in [6, 6.07) is 17.2. The van der Waals surface area contributed by atoms with Gasteiger partial charge in [-0.15, -0.1) is 0 Å². The van der Waals surface area contributed by atoms with Crippen LogP contribution in [0.15, 0.2) is 71.2 Å².